The lowest BCUT2D eigenvalue weighted by atomic mass is 10.0. The van der Waals surface area contributed by atoms with Gasteiger partial charge in [0.15, 0.2) is 0 Å². The zero-order chi connectivity index (χ0) is 21.9. The highest BCUT2D eigenvalue weighted by Gasteiger charge is 2.16. The molecule has 30 heavy (non-hydrogen) atoms. The fourth-order valence-electron chi connectivity index (χ4n) is 3.57. The van der Waals surface area contributed by atoms with E-state index in [9.17, 15) is 9.59 Å². The van der Waals surface area contributed by atoms with Crippen LogP contribution in [0.4, 0.5) is 0 Å². The van der Waals surface area contributed by atoms with E-state index in [1.54, 1.807) is 12.1 Å². The first-order valence-electron chi connectivity index (χ1n) is 11.8. The van der Waals surface area contributed by atoms with Gasteiger partial charge in [-0.1, -0.05) is 94.9 Å². The minimum atomic E-state index is -1.11. The van der Waals surface area contributed by atoms with Gasteiger partial charge in [-0.05, 0) is 38.3 Å². The summed E-state index contributed by atoms with van der Waals surface area (Å²) in [7, 11) is 0. The van der Waals surface area contributed by atoms with Gasteiger partial charge in [-0.15, -0.1) is 0 Å². The van der Waals surface area contributed by atoms with Crippen molar-refractivity contribution in [2.45, 2.75) is 96.8 Å². The summed E-state index contributed by atoms with van der Waals surface area (Å²) in [6.07, 6.45) is 22.1. The minimum Gasteiger partial charge on any atom is -0.478 e. The number of rotatable bonds is 18. The van der Waals surface area contributed by atoms with Crippen LogP contribution in [0.25, 0.3) is 0 Å². The maximum atomic E-state index is 12.0. The molecule has 4 nitrogen and oxygen atoms in total. The van der Waals surface area contributed by atoms with Crippen LogP contribution in [0.15, 0.2) is 36.4 Å². The van der Waals surface area contributed by atoms with Crippen molar-refractivity contribution in [3.63, 3.8) is 0 Å². The van der Waals surface area contributed by atoms with E-state index in [1.165, 1.54) is 82.8 Å². The van der Waals surface area contributed by atoms with Crippen LogP contribution in [0.3, 0.4) is 0 Å². The number of carboxylic acid groups (broad SMARTS) is 1. The maximum Gasteiger partial charge on any atom is 0.339 e. The number of unbranched alkanes of at least 4 members (excludes halogenated alkanes) is 13. The number of carboxylic acids is 1. The molecule has 0 spiro atoms. The van der Waals surface area contributed by atoms with Gasteiger partial charge in [-0.2, -0.15) is 0 Å². The number of aromatic carboxylic acids is 1. The molecule has 0 fully saturated rings. The maximum absolute atomic E-state index is 12.0. The Kier molecular flexibility index (Phi) is 15.3. The molecule has 0 amide bonds. The Morgan fingerprint density at radius 1 is 0.767 bits per heavy atom. The number of benzene rings is 1. The number of carbonyl (C=O) groups is 2. The lowest BCUT2D eigenvalue weighted by molar-refractivity contribution is 0.0487. The fraction of sp³-hybridized carbons (Fsp3) is 0.615. The van der Waals surface area contributed by atoms with Crippen LogP contribution in [0.2, 0.25) is 0 Å². The fourth-order valence-corrected chi connectivity index (χ4v) is 3.57. The quantitative estimate of drug-likeness (QED) is 0.152. The molecule has 4 heteroatoms. The Balaban J connectivity index is 1.90. The van der Waals surface area contributed by atoms with Gasteiger partial charge in [0.05, 0.1) is 17.7 Å². The minimum absolute atomic E-state index is 0.00750. The monoisotopic (exact) mass is 416 g/mol. The first kappa shape index (κ1) is 25.9. The van der Waals surface area contributed by atoms with E-state index in [0.717, 1.165) is 19.3 Å². The molecule has 0 radical (unpaired) electrons. The van der Waals surface area contributed by atoms with Crippen molar-refractivity contribution < 1.29 is 19.4 Å². The molecule has 1 rings (SSSR count). The molecular weight excluding hydrogens is 376 g/mol. The SMILES string of the molecule is C/C=C/CCCCCCCCCCCCCCCOC(=O)c1ccccc1C(=O)O. The Bertz CT molecular complexity index is 621. The number of carbonyl (C=O) groups excluding carboxylic acids is 1. The number of hydrogen-bond donors (Lipinski definition) is 1. The third-order valence-corrected chi connectivity index (χ3v) is 5.36. The van der Waals surface area contributed by atoms with Gasteiger partial charge in [-0.3, -0.25) is 0 Å². The van der Waals surface area contributed by atoms with E-state index in [-0.39, 0.29) is 11.1 Å². The molecule has 0 saturated carbocycles. The van der Waals surface area contributed by atoms with Crippen LogP contribution in [0.1, 0.15) is 118 Å². The van der Waals surface area contributed by atoms with Gasteiger partial charge >= 0.3 is 11.9 Å². The molecule has 0 aliphatic rings. The van der Waals surface area contributed by atoms with E-state index in [0.29, 0.717) is 6.61 Å². The molecule has 0 aliphatic heterocycles. The van der Waals surface area contributed by atoms with Gasteiger partial charge in [0.2, 0.25) is 0 Å². The summed E-state index contributed by atoms with van der Waals surface area (Å²) in [6.45, 7) is 2.44. The zero-order valence-corrected chi connectivity index (χ0v) is 18.7. The summed E-state index contributed by atoms with van der Waals surface area (Å²) in [5, 5.41) is 9.13. The molecule has 0 saturated heterocycles. The van der Waals surface area contributed by atoms with E-state index in [2.05, 4.69) is 19.1 Å². The third-order valence-electron chi connectivity index (χ3n) is 5.36. The second-order valence-electron chi connectivity index (χ2n) is 7.94. The van der Waals surface area contributed by atoms with Gasteiger partial charge in [-0.25, -0.2) is 9.59 Å². The van der Waals surface area contributed by atoms with Crippen molar-refractivity contribution >= 4 is 11.9 Å². The largest absolute Gasteiger partial charge is 0.478 e. The van der Waals surface area contributed by atoms with Crippen molar-refractivity contribution in [3.8, 4) is 0 Å². The molecule has 0 bridgehead atoms. The van der Waals surface area contributed by atoms with Crippen molar-refractivity contribution in [2.24, 2.45) is 0 Å². The van der Waals surface area contributed by atoms with Gasteiger partial charge in [0.1, 0.15) is 0 Å². The zero-order valence-electron chi connectivity index (χ0n) is 18.7. The molecule has 0 atom stereocenters. The average Bonchev–Trinajstić information content (AvgIpc) is 2.75. The summed E-state index contributed by atoms with van der Waals surface area (Å²) >= 11 is 0. The number of allylic oxidation sites excluding steroid dienone is 2. The molecule has 0 unspecified atom stereocenters. The summed E-state index contributed by atoms with van der Waals surface area (Å²) in [6, 6.07) is 6.17. The predicted octanol–water partition coefficient (Wildman–Crippen LogP) is 7.58. The summed E-state index contributed by atoms with van der Waals surface area (Å²) < 4.78 is 5.23. The summed E-state index contributed by atoms with van der Waals surface area (Å²) in [5.74, 6) is -1.66. The Morgan fingerprint density at radius 3 is 1.73 bits per heavy atom. The molecule has 0 heterocycles. The second-order valence-corrected chi connectivity index (χ2v) is 7.94. The number of hydrogen-bond acceptors (Lipinski definition) is 3. The highest BCUT2D eigenvalue weighted by Crippen LogP contribution is 2.14. The predicted molar refractivity (Wildman–Crippen MR) is 123 cm³/mol. The molecule has 168 valence electrons. The molecule has 0 aliphatic carbocycles. The van der Waals surface area contributed by atoms with Crippen molar-refractivity contribution in [1.82, 2.24) is 0 Å². The third kappa shape index (κ3) is 12.5. The summed E-state index contributed by atoms with van der Waals surface area (Å²) in [4.78, 5) is 23.2. The number of ether oxygens (including phenoxy) is 1. The van der Waals surface area contributed by atoms with Crippen LogP contribution in [0, 0.1) is 0 Å². The Labute approximate surface area is 182 Å². The Morgan fingerprint density at radius 2 is 1.23 bits per heavy atom. The first-order valence-corrected chi connectivity index (χ1v) is 11.8. The normalized spacial score (nSPS) is 11.1. The van der Waals surface area contributed by atoms with Gasteiger partial charge < -0.3 is 9.84 Å². The van der Waals surface area contributed by atoms with Crippen LogP contribution in [-0.4, -0.2) is 23.7 Å². The molecule has 1 aromatic rings. The molecule has 0 aromatic heterocycles. The van der Waals surface area contributed by atoms with E-state index >= 15 is 0 Å². The molecule has 1 aromatic carbocycles. The second kappa shape index (κ2) is 17.7. The first-order chi connectivity index (χ1) is 14.7. The highest BCUT2D eigenvalue weighted by molar-refractivity contribution is 6.02. The highest BCUT2D eigenvalue weighted by atomic mass is 16.5. The lowest BCUT2D eigenvalue weighted by Crippen LogP contribution is -2.12. The van der Waals surface area contributed by atoms with Gasteiger partial charge in [0.25, 0.3) is 0 Å². The van der Waals surface area contributed by atoms with Crippen LogP contribution in [0.5, 0.6) is 0 Å². The van der Waals surface area contributed by atoms with E-state index < -0.39 is 11.9 Å². The van der Waals surface area contributed by atoms with E-state index in [4.69, 9.17) is 9.84 Å². The van der Waals surface area contributed by atoms with Crippen LogP contribution < -0.4 is 0 Å². The average molecular weight is 417 g/mol. The van der Waals surface area contributed by atoms with Gasteiger partial charge in [0, 0.05) is 0 Å². The number of esters is 1. The van der Waals surface area contributed by atoms with Crippen LogP contribution >= 0.6 is 0 Å². The van der Waals surface area contributed by atoms with Crippen molar-refractivity contribution in [2.75, 3.05) is 6.61 Å². The van der Waals surface area contributed by atoms with Crippen molar-refractivity contribution in [3.05, 3.63) is 47.5 Å². The Hall–Kier alpha value is -2.10. The molecule has 1 N–H and O–H groups in total. The van der Waals surface area contributed by atoms with E-state index in [1.807, 2.05) is 0 Å². The summed E-state index contributed by atoms with van der Waals surface area (Å²) in [5.41, 5.74) is 0.116. The van der Waals surface area contributed by atoms with Crippen molar-refractivity contribution in [1.29, 1.82) is 0 Å². The lowest BCUT2D eigenvalue weighted by Gasteiger charge is -2.07. The molecular formula is C26H40O4. The standard InChI is InChI=1S/C26H40O4/c1-2-3-4-5-6-7-8-9-10-11-12-13-14-15-16-19-22-30-26(29)24-21-18-17-20-23(24)25(27)28/h2-3,17-18,20-21H,4-16,19,22H2,1H3,(H,27,28)/b3-2+. The smallest absolute Gasteiger partial charge is 0.339 e. The topological polar surface area (TPSA) is 63.6 Å². The van der Waals surface area contributed by atoms with Crippen LogP contribution in [-0.2, 0) is 4.74 Å².